The number of ether oxygens (including phenoxy) is 1. The minimum atomic E-state index is -4.68. The number of nitrogens with zero attached hydrogens (tertiary/aromatic N) is 2. The van der Waals surface area contributed by atoms with Gasteiger partial charge >= 0.3 is 6.18 Å². The highest BCUT2D eigenvalue weighted by Gasteiger charge is 2.36. The lowest BCUT2D eigenvalue weighted by Crippen LogP contribution is -2.24. The van der Waals surface area contributed by atoms with Crippen LogP contribution in [0.5, 0.6) is 5.75 Å². The number of benzene rings is 2. The molecule has 1 aromatic heterocycles. The Morgan fingerprint density at radius 2 is 1.84 bits per heavy atom. The van der Waals surface area contributed by atoms with Crippen LogP contribution in [0.15, 0.2) is 47.5 Å². The quantitative estimate of drug-likeness (QED) is 0.275. The number of rotatable bonds is 4. The van der Waals surface area contributed by atoms with E-state index in [2.05, 4.69) is 25.8 Å². The zero-order valence-corrected chi connectivity index (χ0v) is 17.4. The van der Waals surface area contributed by atoms with Gasteiger partial charge in [-0.05, 0) is 49.4 Å². The van der Waals surface area contributed by atoms with E-state index in [0.717, 1.165) is 12.1 Å². The molecule has 0 aliphatic carbocycles. The molecular formula is C20H16ClF4N5O2. The Kier molecular flexibility index (Phi) is 6.68. The summed E-state index contributed by atoms with van der Waals surface area (Å²) < 4.78 is 57.9. The highest BCUT2D eigenvalue weighted by Crippen LogP contribution is 2.32. The van der Waals surface area contributed by atoms with Crippen molar-refractivity contribution in [3.8, 4) is 5.75 Å². The van der Waals surface area contributed by atoms with Crippen molar-refractivity contribution >= 4 is 35.0 Å². The van der Waals surface area contributed by atoms with Crippen LogP contribution in [-0.2, 0) is 6.18 Å². The first-order valence-electron chi connectivity index (χ1n) is 8.96. The maximum atomic E-state index is 13.7. The Balaban J connectivity index is 1.96. The van der Waals surface area contributed by atoms with Gasteiger partial charge in [0.15, 0.2) is 5.69 Å². The van der Waals surface area contributed by atoms with Gasteiger partial charge in [-0.2, -0.15) is 23.3 Å². The highest BCUT2D eigenvalue weighted by molar-refractivity contribution is 6.31. The molecule has 0 saturated heterocycles. The molecule has 0 spiro atoms. The van der Waals surface area contributed by atoms with Crippen LogP contribution >= 0.6 is 11.6 Å². The van der Waals surface area contributed by atoms with Gasteiger partial charge in [0.25, 0.3) is 5.91 Å². The second-order valence-corrected chi connectivity index (χ2v) is 6.91. The third kappa shape index (κ3) is 5.55. The van der Waals surface area contributed by atoms with Crippen molar-refractivity contribution in [2.24, 2.45) is 4.99 Å². The number of guanidine groups is 1. The van der Waals surface area contributed by atoms with E-state index in [1.165, 1.54) is 32.2 Å². The van der Waals surface area contributed by atoms with E-state index in [1.54, 1.807) is 12.1 Å². The number of halogens is 5. The van der Waals surface area contributed by atoms with Gasteiger partial charge in [-0.3, -0.25) is 9.89 Å². The molecule has 0 aliphatic rings. The van der Waals surface area contributed by atoms with Crippen molar-refractivity contribution < 1.29 is 27.1 Å². The average molecular weight is 470 g/mol. The average Bonchev–Trinajstić information content (AvgIpc) is 3.07. The number of anilines is 2. The van der Waals surface area contributed by atoms with Gasteiger partial charge in [0.05, 0.1) is 7.11 Å². The smallest absolute Gasteiger partial charge is 0.435 e. The summed E-state index contributed by atoms with van der Waals surface area (Å²) >= 11 is 5.84. The normalized spacial score (nSPS) is 11.9. The molecule has 7 nitrogen and oxygen atoms in total. The lowest BCUT2D eigenvalue weighted by molar-refractivity contribution is -0.141. The van der Waals surface area contributed by atoms with Crippen molar-refractivity contribution in [3.05, 3.63) is 70.1 Å². The fourth-order valence-electron chi connectivity index (χ4n) is 2.66. The summed E-state index contributed by atoms with van der Waals surface area (Å²) in [5.41, 5.74) is -1.09. The molecule has 0 aliphatic heterocycles. The predicted octanol–water partition coefficient (Wildman–Crippen LogP) is 5.26. The van der Waals surface area contributed by atoms with Crippen molar-refractivity contribution in [3.63, 3.8) is 0 Å². The van der Waals surface area contributed by atoms with Gasteiger partial charge in [-0.1, -0.05) is 11.6 Å². The van der Waals surface area contributed by atoms with Crippen LogP contribution in [0.4, 0.5) is 29.1 Å². The number of hydrogen-bond donors (Lipinski definition) is 3. The van der Waals surface area contributed by atoms with E-state index in [-0.39, 0.29) is 33.6 Å². The van der Waals surface area contributed by atoms with Crippen LogP contribution in [0, 0.1) is 12.7 Å². The number of hydrogen-bond acceptors (Lipinski definition) is 3. The molecule has 32 heavy (non-hydrogen) atoms. The van der Waals surface area contributed by atoms with Gasteiger partial charge < -0.3 is 15.4 Å². The van der Waals surface area contributed by atoms with E-state index in [1.807, 2.05) is 0 Å². The summed E-state index contributed by atoms with van der Waals surface area (Å²) in [6, 6.07) is 9.50. The first-order valence-corrected chi connectivity index (χ1v) is 9.34. The van der Waals surface area contributed by atoms with Crippen LogP contribution in [0.1, 0.15) is 21.6 Å². The molecule has 3 rings (SSSR count). The van der Waals surface area contributed by atoms with Crippen molar-refractivity contribution in [1.29, 1.82) is 0 Å². The molecule has 3 N–H and O–H groups in total. The maximum Gasteiger partial charge on any atom is 0.435 e. The highest BCUT2D eigenvalue weighted by atomic mass is 35.5. The largest absolute Gasteiger partial charge is 0.497 e. The van der Waals surface area contributed by atoms with Crippen LogP contribution in [0.25, 0.3) is 0 Å². The van der Waals surface area contributed by atoms with Crippen LogP contribution in [0.3, 0.4) is 0 Å². The van der Waals surface area contributed by atoms with E-state index in [0.29, 0.717) is 5.75 Å². The summed E-state index contributed by atoms with van der Waals surface area (Å²) in [6.45, 7) is 1.19. The van der Waals surface area contributed by atoms with Gasteiger partial charge in [-0.25, -0.2) is 4.39 Å². The summed E-state index contributed by atoms with van der Waals surface area (Å²) in [5.74, 6) is -1.32. The standard InChI is InChI=1S/C20H16ClF4N5O2/c1-10-16(20(23,24)25)29-30-17(10)27-19(26-14-8-12(21)7-13(22)9-14)28-18(31)11-3-5-15(32-2)6-4-11/h3-9H,1-2H3,(H3,26,27,28,29,30,31). The first-order chi connectivity index (χ1) is 15.1. The van der Waals surface area contributed by atoms with Gasteiger partial charge in [0, 0.05) is 21.8 Å². The fraction of sp³-hybridized carbons (Fsp3) is 0.150. The first kappa shape index (κ1) is 23.1. The Labute approximate surface area is 184 Å². The molecule has 12 heteroatoms. The number of alkyl halides is 3. The molecule has 168 valence electrons. The summed E-state index contributed by atoms with van der Waals surface area (Å²) in [5, 5.41) is 10.7. The molecule has 1 amide bonds. The Bertz CT molecular complexity index is 1140. The number of carbonyl (C=O) groups excluding carboxylic acids is 1. The van der Waals surface area contributed by atoms with Crippen molar-refractivity contribution in [2.45, 2.75) is 13.1 Å². The van der Waals surface area contributed by atoms with Gasteiger partial charge in [0.2, 0.25) is 5.96 Å². The second-order valence-electron chi connectivity index (χ2n) is 6.47. The lowest BCUT2D eigenvalue weighted by Gasteiger charge is -2.12. The fourth-order valence-corrected chi connectivity index (χ4v) is 2.89. The molecule has 2 aromatic carbocycles. The van der Waals surface area contributed by atoms with E-state index >= 15 is 0 Å². The van der Waals surface area contributed by atoms with E-state index in [4.69, 9.17) is 16.3 Å². The Morgan fingerprint density at radius 1 is 1.16 bits per heavy atom. The minimum Gasteiger partial charge on any atom is -0.497 e. The SMILES string of the molecule is COc1ccc(C(=O)/N=C(/Nc2cc(F)cc(Cl)c2)Nc2[nH]nc(C(F)(F)F)c2C)cc1. The Morgan fingerprint density at radius 3 is 2.41 bits per heavy atom. The monoisotopic (exact) mass is 469 g/mol. The third-order valence-electron chi connectivity index (χ3n) is 4.20. The molecule has 0 atom stereocenters. The number of H-pyrrole nitrogens is 1. The zero-order chi connectivity index (χ0) is 23.5. The summed E-state index contributed by atoms with van der Waals surface area (Å²) in [7, 11) is 1.47. The van der Waals surface area contributed by atoms with Crippen molar-refractivity contribution in [2.75, 3.05) is 17.7 Å². The molecule has 0 unspecified atom stereocenters. The molecular weight excluding hydrogens is 454 g/mol. The number of nitrogens with one attached hydrogen (secondary N) is 3. The minimum absolute atomic E-state index is 0.0606. The van der Waals surface area contributed by atoms with Crippen LogP contribution < -0.4 is 15.4 Å². The van der Waals surface area contributed by atoms with Crippen LogP contribution in [-0.4, -0.2) is 29.2 Å². The van der Waals surface area contributed by atoms with Gasteiger partial charge in [-0.15, -0.1) is 0 Å². The lowest BCUT2D eigenvalue weighted by atomic mass is 10.2. The van der Waals surface area contributed by atoms with Gasteiger partial charge in [0.1, 0.15) is 17.4 Å². The molecule has 0 saturated carbocycles. The summed E-state index contributed by atoms with van der Waals surface area (Å²) in [4.78, 5) is 16.5. The number of aliphatic imine (C=N–C) groups is 1. The molecule has 1 heterocycles. The number of amides is 1. The topological polar surface area (TPSA) is 91.4 Å². The molecule has 0 bridgehead atoms. The molecule has 0 radical (unpaired) electrons. The number of methoxy groups -OCH3 is 1. The number of aromatic amines is 1. The third-order valence-corrected chi connectivity index (χ3v) is 4.42. The molecule has 3 aromatic rings. The maximum absolute atomic E-state index is 13.7. The summed E-state index contributed by atoms with van der Waals surface area (Å²) in [6.07, 6.45) is -4.68. The molecule has 0 fully saturated rings. The van der Waals surface area contributed by atoms with Crippen molar-refractivity contribution in [1.82, 2.24) is 10.2 Å². The number of carbonyl (C=O) groups is 1. The zero-order valence-electron chi connectivity index (χ0n) is 16.6. The predicted molar refractivity (Wildman–Crippen MR) is 112 cm³/mol. The number of aromatic nitrogens is 2. The Hall–Kier alpha value is -3.60. The second kappa shape index (κ2) is 9.27. The van der Waals surface area contributed by atoms with Crippen LogP contribution in [0.2, 0.25) is 5.02 Å². The van der Waals surface area contributed by atoms with E-state index < -0.39 is 23.6 Å². The van der Waals surface area contributed by atoms with E-state index in [9.17, 15) is 22.4 Å².